The number of nitrogens with one attached hydrogen (secondary N) is 2. The summed E-state index contributed by atoms with van der Waals surface area (Å²) in [5.74, 6) is 0.175. The van der Waals surface area contributed by atoms with Crippen molar-refractivity contribution < 1.29 is 14.3 Å². The van der Waals surface area contributed by atoms with Crippen LogP contribution in [0.15, 0.2) is 24.3 Å². The number of carbonyl (C=O) groups excluding carboxylic acids is 2. The van der Waals surface area contributed by atoms with Gasteiger partial charge in [-0.05, 0) is 37.1 Å². The fraction of sp³-hybridized carbons (Fsp3) is 0.500. The average Bonchev–Trinajstić information content (AvgIpc) is 2.46. The number of anilines is 1. The molecule has 1 aromatic carbocycles. The van der Waals surface area contributed by atoms with E-state index >= 15 is 0 Å². The van der Waals surface area contributed by atoms with Crippen molar-refractivity contribution in [3.63, 3.8) is 0 Å². The van der Waals surface area contributed by atoms with Crippen LogP contribution in [-0.4, -0.2) is 31.6 Å². The largest absolute Gasteiger partial charge is 0.462 e. The van der Waals surface area contributed by atoms with Gasteiger partial charge in [0.1, 0.15) is 0 Å². The summed E-state index contributed by atoms with van der Waals surface area (Å²) in [6.07, 6.45) is 0.423. The van der Waals surface area contributed by atoms with Crippen molar-refractivity contribution in [2.24, 2.45) is 5.92 Å². The fourth-order valence-corrected chi connectivity index (χ4v) is 1.67. The minimum atomic E-state index is -0.322. The topological polar surface area (TPSA) is 67.4 Å². The van der Waals surface area contributed by atoms with Crippen molar-refractivity contribution in [2.45, 2.75) is 27.2 Å². The lowest BCUT2D eigenvalue weighted by Crippen LogP contribution is -2.28. The van der Waals surface area contributed by atoms with Gasteiger partial charge in [0.25, 0.3) is 0 Å². The van der Waals surface area contributed by atoms with Crippen LogP contribution in [0.25, 0.3) is 0 Å². The van der Waals surface area contributed by atoms with Crippen LogP contribution in [0.2, 0.25) is 0 Å². The monoisotopic (exact) mass is 292 g/mol. The molecule has 0 heterocycles. The van der Waals surface area contributed by atoms with Gasteiger partial charge in [-0.3, -0.25) is 4.79 Å². The maximum absolute atomic E-state index is 11.5. The summed E-state index contributed by atoms with van der Waals surface area (Å²) in [6.45, 7) is 7.52. The highest BCUT2D eigenvalue weighted by atomic mass is 16.5. The smallest absolute Gasteiger partial charge is 0.338 e. The molecule has 0 atom stereocenters. The Balaban J connectivity index is 2.33. The minimum absolute atomic E-state index is 0.0411. The first kappa shape index (κ1) is 17.0. The number of hydrogen-bond donors (Lipinski definition) is 2. The molecule has 0 aromatic heterocycles. The molecule has 1 amide bonds. The molecule has 0 aliphatic heterocycles. The molecule has 0 aliphatic rings. The molecule has 0 radical (unpaired) electrons. The number of ether oxygens (including phenoxy) is 1. The number of benzene rings is 1. The van der Waals surface area contributed by atoms with Gasteiger partial charge in [-0.1, -0.05) is 13.8 Å². The van der Waals surface area contributed by atoms with E-state index in [-0.39, 0.29) is 11.9 Å². The molecule has 21 heavy (non-hydrogen) atoms. The molecule has 1 aromatic rings. The van der Waals surface area contributed by atoms with E-state index in [9.17, 15) is 9.59 Å². The second kappa shape index (κ2) is 9.00. The van der Waals surface area contributed by atoms with E-state index in [2.05, 4.69) is 24.5 Å². The quantitative estimate of drug-likeness (QED) is 0.722. The highest BCUT2D eigenvalue weighted by Crippen LogP contribution is 2.10. The molecule has 5 nitrogen and oxygen atoms in total. The predicted molar refractivity (Wildman–Crippen MR) is 83.4 cm³/mol. The van der Waals surface area contributed by atoms with Crippen LogP contribution in [-0.2, 0) is 9.53 Å². The molecule has 0 aliphatic carbocycles. The van der Waals surface area contributed by atoms with Gasteiger partial charge in [0.05, 0.1) is 12.2 Å². The van der Waals surface area contributed by atoms with Crippen LogP contribution < -0.4 is 10.6 Å². The number of hydrogen-bond acceptors (Lipinski definition) is 4. The Kier molecular flexibility index (Phi) is 7.29. The van der Waals surface area contributed by atoms with Crippen LogP contribution in [0.3, 0.4) is 0 Å². The van der Waals surface area contributed by atoms with E-state index in [0.717, 1.165) is 5.69 Å². The van der Waals surface area contributed by atoms with Crippen molar-refractivity contribution in [1.82, 2.24) is 5.32 Å². The molecular weight excluding hydrogens is 268 g/mol. The van der Waals surface area contributed by atoms with Crippen LogP contribution in [0.1, 0.15) is 37.6 Å². The second-order valence-electron chi connectivity index (χ2n) is 5.17. The van der Waals surface area contributed by atoms with Gasteiger partial charge in [0.15, 0.2) is 0 Å². The van der Waals surface area contributed by atoms with Crippen molar-refractivity contribution in [3.8, 4) is 0 Å². The Morgan fingerprint density at radius 2 is 1.86 bits per heavy atom. The molecule has 0 spiro atoms. The molecule has 0 saturated carbocycles. The fourth-order valence-electron chi connectivity index (χ4n) is 1.67. The van der Waals surface area contributed by atoms with E-state index in [0.29, 0.717) is 37.6 Å². The first-order valence-corrected chi connectivity index (χ1v) is 7.30. The Morgan fingerprint density at radius 3 is 2.43 bits per heavy atom. The number of amides is 1. The lowest BCUT2D eigenvalue weighted by Gasteiger charge is -2.09. The third-order valence-corrected chi connectivity index (χ3v) is 2.78. The third kappa shape index (κ3) is 6.79. The summed E-state index contributed by atoms with van der Waals surface area (Å²) in [5, 5.41) is 6.01. The van der Waals surface area contributed by atoms with Crippen LogP contribution in [0.4, 0.5) is 5.69 Å². The summed E-state index contributed by atoms with van der Waals surface area (Å²) in [6, 6.07) is 7.02. The highest BCUT2D eigenvalue weighted by molar-refractivity contribution is 5.89. The molecule has 1 rings (SSSR count). The van der Waals surface area contributed by atoms with Crippen LogP contribution in [0.5, 0.6) is 0 Å². The zero-order chi connectivity index (χ0) is 15.7. The molecule has 0 fully saturated rings. The molecule has 116 valence electrons. The molecule has 0 unspecified atom stereocenters. The lowest BCUT2D eigenvalue weighted by atomic mass is 10.2. The van der Waals surface area contributed by atoms with Gasteiger partial charge in [-0.15, -0.1) is 0 Å². The Bertz CT molecular complexity index is 455. The van der Waals surface area contributed by atoms with Crippen molar-refractivity contribution in [3.05, 3.63) is 29.8 Å². The Hall–Kier alpha value is -2.04. The molecule has 2 N–H and O–H groups in total. The number of esters is 1. The van der Waals surface area contributed by atoms with Gasteiger partial charge in [-0.2, -0.15) is 0 Å². The predicted octanol–water partition coefficient (Wildman–Crippen LogP) is 2.44. The Labute approximate surface area is 126 Å². The van der Waals surface area contributed by atoms with E-state index in [1.165, 1.54) is 0 Å². The van der Waals surface area contributed by atoms with E-state index in [4.69, 9.17) is 4.74 Å². The standard InChI is InChI=1S/C16H24N2O3/c1-4-21-16(20)13-5-7-14(8-6-13)17-10-9-15(19)18-11-12(2)3/h5-8,12,17H,4,9-11H2,1-3H3,(H,18,19). The molecular formula is C16H24N2O3. The maximum Gasteiger partial charge on any atom is 0.338 e. The van der Waals surface area contributed by atoms with Gasteiger partial charge >= 0.3 is 5.97 Å². The normalized spacial score (nSPS) is 10.3. The van der Waals surface area contributed by atoms with E-state index in [1.807, 2.05) is 0 Å². The number of carbonyl (C=O) groups is 2. The molecule has 5 heteroatoms. The maximum atomic E-state index is 11.5. The Morgan fingerprint density at radius 1 is 1.19 bits per heavy atom. The van der Waals surface area contributed by atoms with Crippen LogP contribution in [0, 0.1) is 5.92 Å². The van der Waals surface area contributed by atoms with Gasteiger partial charge in [0, 0.05) is 25.2 Å². The lowest BCUT2D eigenvalue weighted by molar-refractivity contribution is -0.120. The molecule has 0 saturated heterocycles. The minimum Gasteiger partial charge on any atom is -0.462 e. The third-order valence-electron chi connectivity index (χ3n) is 2.78. The van der Waals surface area contributed by atoms with Crippen molar-refractivity contribution in [1.29, 1.82) is 0 Å². The van der Waals surface area contributed by atoms with Gasteiger partial charge in [0.2, 0.25) is 5.91 Å². The summed E-state index contributed by atoms with van der Waals surface area (Å²) >= 11 is 0. The summed E-state index contributed by atoms with van der Waals surface area (Å²) in [5.41, 5.74) is 1.40. The highest BCUT2D eigenvalue weighted by Gasteiger charge is 2.06. The van der Waals surface area contributed by atoms with E-state index < -0.39 is 0 Å². The zero-order valence-corrected chi connectivity index (χ0v) is 12.9. The first-order valence-electron chi connectivity index (χ1n) is 7.30. The molecule has 0 bridgehead atoms. The SMILES string of the molecule is CCOC(=O)c1ccc(NCCC(=O)NCC(C)C)cc1. The first-order chi connectivity index (χ1) is 10.0. The zero-order valence-electron chi connectivity index (χ0n) is 12.9. The summed E-state index contributed by atoms with van der Waals surface area (Å²) in [7, 11) is 0. The number of rotatable bonds is 8. The summed E-state index contributed by atoms with van der Waals surface area (Å²) < 4.78 is 4.91. The van der Waals surface area contributed by atoms with Gasteiger partial charge < -0.3 is 15.4 Å². The van der Waals surface area contributed by atoms with E-state index in [1.54, 1.807) is 31.2 Å². The van der Waals surface area contributed by atoms with Crippen molar-refractivity contribution >= 4 is 17.6 Å². The summed E-state index contributed by atoms with van der Waals surface area (Å²) in [4.78, 5) is 23.0. The van der Waals surface area contributed by atoms with Crippen molar-refractivity contribution in [2.75, 3.05) is 25.0 Å². The average molecular weight is 292 g/mol. The second-order valence-corrected chi connectivity index (χ2v) is 5.17. The van der Waals surface area contributed by atoms with Crippen LogP contribution >= 0.6 is 0 Å². The van der Waals surface area contributed by atoms with Gasteiger partial charge in [-0.25, -0.2) is 4.79 Å².